The molecule has 37 heavy (non-hydrogen) atoms. The number of nitrogens with zero attached hydrogens (tertiary/aromatic N) is 5. The number of nitrogens with one attached hydrogen (secondary N) is 2. The van der Waals surface area contributed by atoms with Crippen LogP contribution >= 0.6 is 0 Å². The molecule has 6 rings (SSSR count). The average molecular weight is 492 g/mol. The van der Waals surface area contributed by atoms with Gasteiger partial charge < -0.3 is 10.2 Å². The Morgan fingerprint density at radius 3 is 2.70 bits per heavy atom. The van der Waals surface area contributed by atoms with Gasteiger partial charge >= 0.3 is 0 Å². The van der Waals surface area contributed by atoms with Crippen LogP contribution in [0, 0.1) is 0 Å². The second-order valence-corrected chi connectivity index (χ2v) is 10.5. The van der Waals surface area contributed by atoms with Gasteiger partial charge in [0.1, 0.15) is 5.82 Å². The highest BCUT2D eigenvalue weighted by Crippen LogP contribution is 2.32. The standard InChI is InChI=1S/C29H29N7O/c1-29(2,3)25-15-26(36(34-25)23-7-5-4-6-8-23)32-28(37)21-10-9-20-11-12-35(24(20)14-21)18-19-13-22-17-31-33-27(22)30-16-19/h4-10,13-17H,11-12,18H2,1-3H3,(H,32,37)(H,30,31,33). The normalized spacial score (nSPS) is 13.2. The van der Waals surface area contributed by atoms with Crippen molar-refractivity contribution in [2.24, 2.45) is 0 Å². The van der Waals surface area contributed by atoms with Gasteiger partial charge in [0.05, 0.1) is 17.6 Å². The van der Waals surface area contributed by atoms with Crippen molar-refractivity contribution in [2.45, 2.75) is 39.2 Å². The van der Waals surface area contributed by atoms with E-state index in [1.165, 1.54) is 5.56 Å². The Hall–Kier alpha value is -4.46. The molecule has 0 spiro atoms. The molecular weight excluding hydrogens is 462 g/mol. The molecule has 1 aliphatic heterocycles. The highest BCUT2D eigenvalue weighted by atomic mass is 16.1. The first-order valence-electron chi connectivity index (χ1n) is 12.5. The van der Waals surface area contributed by atoms with Gasteiger partial charge in [-0.15, -0.1) is 0 Å². The number of hydrogen-bond donors (Lipinski definition) is 2. The Morgan fingerprint density at radius 1 is 1.05 bits per heavy atom. The van der Waals surface area contributed by atoms with E-state index in [1.807, 2.05) is 54.7 Å². The van der Waals surface area contributed by atoms with Crippen molar-refractivity contribution in [3.8, 4) is 5.69 Å². The lowest BCUT2D eigenvalue weighted by Crippen LogP contribution is -2.20. The van der Waals surface area contributed by atoms with E-state index >= 15 is 0 Å². The number of aromatic amines is 1. The molecule has 0 bridgehead atoms. The predicted molar refractivity (Wildman–Crippen MR) is 145 cm³/mol. The van der Waals surface area contributed by atoms with Crippen LogP contribution in [-0.4, -0.2) is 37.4 Å². The Labute approximate surface area is 215 Å². The fourth-order valence-electron chi connectivity index (χ4n) is 4.73. The molecule has 0 unspecified atom stereocenters. The van der Waals surface area contributed by atoms with Crippen molar-refractivity contribution in [3.63, 3.8) is 0 Å². The lowest BCUT2D eigenvalue weighted by Gasteiger charge is -2.20. The number of hydrogen-bond acceptors (Lipinski definition) is 5. The summed E-state index contributed by atoms with van der Waals surface area (Å²) in [6.45, 7) is 7.98. The second-order valence-electron chi connectivity index (χ2n) is 10.5. The third-order valence-corrected chi connectivity index (χ3v) is 6.78. The van der Waals surface area contributed by atoms with Crippen molar-refractivity contribution in [3.05, 3.63) is 95.4 Å². The molecular formula is C29H29N7O. The number of carbonyl (C=O) groups is 1. The Balaban J connectivity index is 1.27. The zero-order chi connectivity index (χ0) is 25.6. The molecule has 0 atom stereocenters. The van der Waals surface area contributed by atoms with Gasteiger partial charge in [-0.2, -0.15) is 10.2 Å². The van der Waals surface area contributed by atoms with Crippen LogP contribution in [0.2, 0.25) is 0 Å². The maximum Gasteiger partial charge on any atom is 0.256 e. The molecule has 0 aliphatic carbocycles. The number of fused-ring (bicyclic) bond motifs is 2. The van der Waals surface area contributed by atoms with E-state index in [0.29, 0.717) is 11.4 Å². The zero-order valence-corrected chi connectivity index (χ0v) is 21.2. The summed E-state index contributed by atoms with van der Waals surface area (Å²) in [4.78, 5) is 20.2. The summed E-state index contributed by atoms with van der Waals surface area (Å²) < 4.78 is 1.80. The minimum absolute atomic E-state index is 0.151. The maximum absolute atomic E-state index is 13.4. The molecule has 1 aliphatic rings. The number of benzene rings is 2. The summed E-state index contributed by atoms with van der Waals surface area (Å²) >= 11 is 0. The lowest BCUT2D eigenvalue weighted by molar-refractivity contribution is 0.102. The molecule has 0 radical (unpaired) electrons. The summed E-state index contributed by atoms with van der Waals surface area (Å²) in [5.41, 5.74) is 6.51. The summed E-state index contributed by atoms with van der Waals surface area (Å²) in [5.74, 6) is 0.492. The maximum atomic E-state index is 13.4. The third kappa shape index (κ3) is 4.46. The van der Waals surface area contributed by atoms with Gasteiger partial charge in [0.25, 0.3) is 5.91 Å². The number of para-hydroxylation sites is 1. The summed E-state index contributed by atoms with van der Waals surface area (Å²) in [7, 11) is 0. The van der Waals surface area contributed by atoms with Gasteiger partial charge in [0, 0.05) is 47.4 Å². The quantitative estimate of drug-likeness (QED) is 0.350. The van der Waals surface area contributed by atoms with Crippen molar-refractivity contribution < 1.29 is 4.79 Å². The molecule has 2 N–H and O–H groups in total. The van der Waals surface area contributed by atoms with Crippen LogP contribution in [0.15, 0.2) is 73.1 Å². The molecule has 5 aromatic rings. The van der Waals surface area contributed by atoms with Crippen molar-refractivity contribution in [2.75, 3.05) is 16.8 Å². The zero-order valence-electron chi connectivity index (χ0n) is 21.2. The number of pyridine rings is 1. The molecule has 4 heterocycles. The molecule has 1 amide bonds. The van der Waals surface area contributed by atoms with E-state index in [4.69, 9.17) is 5.10 Å². The van der Waals surface area contributed by atoms with E-state index in [0.717, 1.165) is 53.2 Å². The summed E-state index contributed by atoms with van der Waals surface area (Å²) in [6.07, 6.45) is 4.62. The highest BCUT2D eigenvalue weighted by molar-refractivity contribution is 6.04. The minimum atomic E-state index is -0.159. The van der Waals surface area contributed by atoms with Crippen LogP contribution < -0.4 is 10.2 Å². The Bertz CT molecular complexity index is 1590. The Kier molecular flexibility index (Phi) is 5.52. The van der Waals surface area contributed by atoms with E-state index < -0.39 is 0 Å². The van der Waals surface area contributed by atoms with E-state index in [1.54, 1.807) is 10.9 Å². The number of rotatable bonds is 5. The number of aromatic nitrogens is 5. The van der Waals surface area contributed by atoms with Gasteiger partial charge in [0.15, 0.2) is 5.65 Å². The van der Waals surface area contributed by atoms with Gasteiger partial charge in [-0.05, 0) is 47.9 Å². The first kappa shape index (κ1) is 23.0. The van der Waals surface area contributed by atoms with Gasteiger partial charge in [-0.25, -0.2) is 9.67 Å². The predicted octanol–water partition coefficient (Wildman–Crippen LogP) is 5.26. The van der Waals surface area contributed by atoms with E-state index in [2.05, 4.69) is 58.3 Å². The van der Waals surface area contributed by atoms with Crippen LogP contribution in [-0.2, 0) is 18.4 Å². The van der Waals surface area contributed by atoms with E-state index in [-0.39, 0.29) is 11.3 Å². The average Bonchev–Trinajstić information content (AvgIpc) is 3.62. The number of carbonyl (C=O) groups excluding carboxylic acids is 1. The molecule has 8 heteroatoms. The van der Waals surface area contributed by atoms with Crippen LogP contribution in [0.1, 0.15) is 48.0 Å². The van der Waals surface area contributed by atoms with Crippen LogP contribution in [0.25, 0.3) is 16.7 Å². The minimum Gasteiger partial charge on any atom is -0.367 e. The molecule has 0 saturated carbocycles. The second kappa shape index (κ2) is 8.89. The molecule has 186 valence electrons. The SMILES string of the molecule is CC(C)(C)c1cc(NC(=O)c2ccc3c(c2)N(Cc2cnc4[nH]ncc4c2)CC3)n(-c2ccccc2)n1. The molecule has 0 saturated heterocycles. The fourth-order valence-corrected chi connectivity index (χ4v) is 4.73. The van der Waals surface area contributed by atoms with Crippen LogP contribution in [0.4, 0.5) is 11.5 Å². The molecule has 2 aromatic carbocycles. The fraction of sp³-hybridized carbons (Fsp3) is 0.241. The molecule has 3 aromatic heterocycles. The molecule has 0 fully saturated rings. The van der Waals surface area contributed by atoms with Crippen LogP contribution in [0.5, 0.6) is 0 Å². The number of H-pyrrole nitrogens is 1. The first-order valence-corrected chi connectivity index (χ1v) is 12.5. The van der Waals surface area contributed by atoms with Crippen LogP contribution in [0.3, 0.4) is 0 Å². The topological polar surface area (TPSA) is 91.7 Å². The number of amides is 1. The molecule has 8 nitrogen and oxygen atoms in total. The van der Waals surface area contributed by atoms with Gasteiger partial charge in [-0.1, -0.05) is 45.0 Å². The van der Waals surface area contributed by atoms with E-state index in [9.17, 15) is 4.79 Å². The van der Waals surface area contributed by atoms with Crippen molar-refractivity contribution in [1.82, 2.24) is 25.0 Å². The van der Waals surface area contributed by atoms with Gasteiger partial charge in [-0.3, -0.25) is 9.89 Å². The number of anilines is 2. The smallest absolute Gasteiger partial charge is 0.256 e. The highest BCUT2D eigenvalue weighted by Gasteiger charge is 2.24. The van der Waals surface area contributed by atoms with Gasteiger partial charge in [0.2, 0.25) is 0 Å². The van der Waals surface area contributed by atoms with Crippen molar-refractivity contribution in [1.29, 1.82) is 0 Å². The van der Waals surface area contributed by atoms with Crippen molar-refractivity contribution >= 4 is 28.4 Å². The summed E-state index contributed by atoms with van der Waals surface area (Å²) in [6, 6.07) is 19.9. The largest absolute Gasteiger partial charge is 0.367 e. The Morgan fingerprint density at radius 2 is 1.89 bits per heavy atom. The third-order valence-electron chi connectivity index (χ3n) is 6.78. The monoisotopic (exact) mass is 491 g/mol. The first-order chi connectivity index (χ1) is 17.8. The summed E-state index contributed by atoms with van der Waals surface area (Å²) in [5, 5.41) is 15.9. The lowest BCUT2D eigenvalue weighted by atomic mass is 9.92.